The van der Waals surface area contributed by atoms with Crippen LogP contribution in [0.25, 0.3) is 17.1 Å². The number of carbonyl (C=O) groups is 1. The monoisotopic (exact) mass is 478 g/mol. The second-order valence-electron chi connectivity index (χ2n) is 6.86. The Balaban J connectivity index is 1.52. The van der Waals surface area contributed by atoms with Crippen LogP contribution < -0.4 is 10.2 Å². The van der Waals surface area contributed by atoms with Crippen LogP contribution in [0.1, 0.15) is 17.4 Å². The van der Waals surface area contributed by atoms with Crippen LogP contribution in [0.4, 0.5) is 0 Å². The van der Waals surface area contributed by atoms with Gasteiger partial charge in [0.25, 0.3) is 5.91 Å². The molecule has 10 heteroatoms. The van der Waals surface area contributed by atoms with Crippen molar-refractivity contribution in [2.24, 2.45) is 5.10 Å². The van der Waals surface area contributed by atoms with Gasteiger partial charge >= 0.3 is 0 Å². The molecule has 4 rings (SSSR count). The minimum absolute atomic E-state index is 0.142. The average Bonchev–Trinajstić information content (AvgIpc) is 3.45. The van der Waals surface area contributed by atoms with Crippen molar-refractivity contribution in [3.8, 4) is 22.8 Å². The van der Waals surface area contributed by atoms with Crippen LogP contribution in [-0.4, -0.2) is 44.2 Å². The van der Waals surface area contributed by atoms with Gasteiger partial charge in [-0.1, -0.05) is 11.8 Å². The summed E-state index contributed by atoms with van der Waals surface area (Å²) in [6, 6.07) is 13.4. The highest BCUT2D eigenvalue weighted by molar-refractivity contribution is 7.99. The standard InChI is InChI=1S/C23H22N6O2S2/c1-3-31-19-8-6-18(7-9-19)29-22(17-5-4-11-24-13-17)27-28-23(29)33-15-21(30)26-25-14-20-16(2)10-12-32-20/h4-14H,3,15H2,1-2H3,(H,26,30). The predicted molar refractivity (Wildman–Crippen MR) is 131 cm³/mol. The normalized spacial score (nSPS) is 11.1. The molecule has 0 atom stereocenters. The molecule has 33 heavy (non-hydrogen) atoms. The molecular weight excluding hydrogens is 456 g/mol. The highest BCUT2D eigenvalue weighted by Gasteiger charge is 2.17. The van der Waals surface area contributed by atoms with Crippen molar-refractivity contribution in [2.75, 3.05) is 12.4 Å². The maximum atomic E-state index is 12.3. The lowest BCUT2D eigenvalue weighted by atomic mass is 10.2. The molecule has 0 aliphatic carbocycles. The summed E-state index contributed by atoms with van der Waals surface area (Å²) >= 11 is 2.86. The first kappa shape index (κ1) is 22.7. The molecule has 0 saturated heterocycles. The van der Waals surface area contributed by atoms with E-state index in [9.17, 15) is 4.79 Å². The molecule has 1 N–H and O–H groups in total. The third-order valence-electron chi connectivity index (χ3n) is 4.56. The van der Waals surface area contributed by atoms with Gasteiger partial charge in [-0.2, -0.15) is 5.10 Å². The summed E-state index contributed by atoms with van der Waals surface area (Å²) in [6.07, 6.45) is 5.10. The molecule has 1 aromatic carbocycles. The highest BCUT2D eigenvalue weighted by Crippen LogP contribution is 2.28. The Kier molecular flexibility index (Phi) is 7.48. The van der Waals surface area contributed by atoms with E-state index in [0.29, 0.717) is 17.6 Å². The number of hydrogen-bond donors (Lipinski definition) is 1. The van der Waals surface area contributed by atoms with Crippen molar-refractivity contribution in [1.82, 2.24) is 25.2 Å². The molecule has 0 unspecified atom stereocenters. The smallest absolute Gasteiger partial charge is 0.250 e. The van der Waals surface area contributed by atoms with Crippen molar-refractivity contribution in [1.29, 1.82) is 0 Å². The Labute approximate surface area is 199 Å². The number of ether oxygens (including phenoxy) is 1. The van der Waals surface area contributed by atoms with E-state index in [1.807, 2.05) is 66.3 Å². The zero-order chi connectivity index (χ0) is 23.0. The van der Waals surface area contributed by atoms with Crippen molar-refractivity contribution in [3.05, 3.63) is 70.7 Å². The van der Waals surface area contributed by atoms with Gasteiger partial charge in [-0.3, -0.25) is 14.3 Å². The number of amides is 1. The first-order valence-electron chi connectivity index (χ1n) is 10.2. The minimum Gasteiger partial charge on any atom is -0.494 e. The van der Waals surface area contributed by atoms with Gasteiger partial charge in [0.05, 0.1) is 18.6 Å². The molecule has 0 radical (unpaired) electrons. The predicted octanol–water partition coefficient (Wildman–Crippen LogP) is 4.34. The van der Waals surface area contributed by atoms with Crippen molar-refractivity contribution < 1.29 is 9.53 Å². The summed E-state index contributed by atoms with van der Waals surface area (Å²) in [6.45, 7) is 4.54. The number of nitrogens with zero attached hydrogens (tertiary/aromatic N) is 5. The fraction of sp³-hybridized carbons (Fsp3) is 0.174. The molecule has 0 spiro atoms. The summed E-state index contributed by atoms with van der Waals surface area (Å²) in [4.78, 5) is 17.5. The summed E-state index contributed by atoms with van der Waals surface area (Å²) in [5.74, 6) is 1.34. The van der Waals surface area contributed by atoms with E-state index in [-0.39, 0.29) is 11.7 Å². The van der Waals surface area contributed by atoms with Crippen LogP contribution in [-0.2, 0) is 4.79 Å². The molecule has 0 fully saturated rings. The van der Waals surface area contributed by atoms with Crippen LogP contribution in [0.5, 0.6) is 5.75 Å². The number of hydrogen-bond acceptors (Lipinski definition) is 8. The van der Waals surface area contributed by atoms with Crippen molar-refractivity contribution in [3.63, 3.8) is 0 Å². The van der Waals surface area contributed by atoms with Gasteiger partial charge in [-0.25, -0.2) is 5.43 Å². The second kappa shape index (κ2) is 10.9. The number of pyridine rings is 1. The maximum absolute atomic E-state index is 12.3. The van der Waals surface area contributed by atoms with Gasteiger partial charge in [0, 0.05) is 28.5 Å². The van der Waals surface area contributed by atoms with E-state index < -0.39 is 0 Å². The van der Waals surface area contributed by atoms with Gasteiger partial charge in [-0.05, 0) is 67.3 Å². The largest absolute Gasteiger partial charge is 0.494 e. The molecule has 1 amide bonds. The molecule has 4 aromatic rings. The Morgan fingerprint density at radius 2 is 2.09 bits per heavy atom. The number of thioether (sulfide) groups is 1. The second-order valence-corrected chi connectivity index (χ2v) is 8.75. The fourth-order valence-corrected chi connectivity index (χ4v) is 4.51. The average molecular weight is 479 g/mol. The molecule has 0 saturated carbocycles. The Morgan fingerprint density at radius 1 is 1.24 bits per heavy atom. The molecule has 0 aliphatic rings. The van der Waals surface area contributed by atoms with Crippen LogP contribution in [0.3, 0.4) is 0 Å². The van der Waals surface area contributed by atoms with Gasteiger partial charge in [0.2, 0.25) is 0 Å². The molecule has 3 heterocycles. The van der Waals surface area contributed by atoms with Gasteiger partial charge < -0.3 is 4.74 Å². The lowest BCUT2D eigenvalue weighted by molar-refractivity contribution is -0.118. The van der Waals surface area contributed by atoms with Gasteiger partial charge in [0.1, 0.15) is 5.75 Å². The van der Waals surface area contributed by atoms with Crippen LogP contribution >= 0.6 is 23.1 Å². The number of benzene rings is 1. The van der Waals surface area contributed by atoms with E-state index in [4.69, 9.17) is 4.74 Å². The third-order valence-corrected chi connectivity index (χ3v) is 6.45. The summed E-state index contributed by atoms with van der Waals surface area (Å²) in [5.41, 5.74) is 5.38. The first-order valence-corrected chi connectivity index (χ1v) is 12.1. The molecule has 0 aliphatic heterocycles. The molecule has 3 aromatic heterocycles. The Hall–Kier alpha value is -3.50. The number of hydrazone groups is 1. The minimum atomic E-state index is -0.227. The number of nitrogens with one attached hydrogen (secondary N) is 1. The van der Waals surface area contributed by atoms with Gasteiger partial charge in [0.15, 0.2) is 11.0 Å². The van der Waals surface area contributed by atoms with Crippen LogP contribution in [0, 0.1) is 6.92 Å². The first-order chi connectivity index (χ1) is 16.2. The number of carbonyl (C=O) groups excluding carboxylic acids is 1. The van der Waals surface area contributed by atoms with Crippen LogP contribution in [0.2, 0.25) is 0 Å². The lowest BCUT2D eigenvalue weighted by Gasteiger charge is -2.11. The Morgan fingerprint density at radius 3 is 2.79 bits per heavy atom. The van der Waals surface area contributed by atoms with E-state index in [1.165, 1.54) is 11.8 Å². The molecule has 168 valence electrons. The van der Waals surface area contributed by atoms with E-state index >= 15 is 0 Å². The number of thiophene rings is 1. The zero-order valence-corrected chi connectivity index (χ0v) is 19.8. The van der Waals surface area contributed by atoms with E-state index in [0.717, 1.165) is 27.4 Å². The Bertz CT molecular complexity index is 1240. The zero-order valence-electron chi connectivity index (χ0n) is 18.1. The number of rotatable bonds is 9. The topological polar surface area (TPSA) is 94.3 Å². The lowest BCUT2D eigenvalue weighted by Crippen LogP contribution is -2.20. The van der Waals surface area contributed by atoms with Crippen molar-refractivity contribution in [2.45, 2.75) is 19.0 Å². The van der Waals surface area contributed by atoms with E-state index in [2.05, 4.69) is 25.7 Å². The fourth-order valence-electron chi connectivity index (χ4n) is 2.98. The highest BCUT2D eigenvalue weighted by atomic mass is 32.2. The van der Waals surface area contributed by atoms with Gasteiger partial charge in [-0.15, -0.1) is 21.5 Å². The van der Waals surface area contributed by atoms with Crippen molar-refractivity contribution >= 4 is 35.2 Å². The quantitative estimate of drug-likeness (QED) is 0.218. The molecule has 8 nitrogen and oxygen atoms in total. The number of aryl methyl sites for hydroxylation is 1. The molecule has 0 bridgehead atoms. The summed E-state index contributed by atoms with van der Waals surface area (Å²) in [7, 11) is 0. The SMILES string of the molecule is CCOc1ccc(-n2c(SCC(=O)NN=Cc3sccc3C)nnc2-c2cccnc2)cc1. The summed E-state index contributed by atoms with van der Waals surface area (Å²) in [5, 5.41) is 15.3. The third kappa shape index (κ3) is 5.65. The van der Waals surface area contributed by atoms with Crippen LogP contribution in [0.15, 0.2) is 70.5 Å². The maximum Gasteiger partial charge on any atom is 0.250 e. The summed E-state index contributed by atoms with van der Waals surface area (Å²) < 4.78 is 7.46. The molecular formula is C23H22N6O2S2. The van der Waals surface area contributed by atoms with E-state index in [1.54, 1.807) is 29.9 Å². The number of aromatic nitrogens is 4.